The van der Waals surface area contributed by atoms with Crippen molar-refractivity contribution < 1.29 is 9.21 Å². The zero-order chi connectivity index (χ0) is 14.5. The predicted molar refractivity (Wildman–Crippen MR) is 80.9 cm³/mol. The lowest BCUT2D eigenvalue weighted by molar-refractivity contribution is -0.121. The molecule has 1 amide bonds. The summed E-state index contributed by atoms with van der Waals surface area (Å²) in [5, 5.41) is 6.46. The smallest absolute Gasteiger partial charge is 0.221 e. The van der Waals surface area contributed by atoms with E-state index < -0.39 is 0 Å². The van der Waals surface area contributed by atoms with Gasteiger partial charge in [-0.3, -0.25) is 9.69 Å². The normalized spacial score (nSPS) is 24.3. The minimum Gasteiger partial charge on any atom is -0.468 e. The van der Waals surface area contributed by atoms with E-state index in [9.17, 15) is 4.79 Å². The van der Waals surface area contributed by atoms with Crippen molar-refractivity contribution in [3.05, 3.63) is 24.2 Å². The van der Waals surface area contributed by atoms with E-state index in [1.54, 1.807) is 6.26 Å². The van der Waals surface area contributed by atoms with Gasteiger partial charge in [0.1, 0.15) is 5.76 Å². The summed E-state index contributed by atoms with van der Waals surface area (Å²) in [6, 6.07) is 4.46. The van der Waals surface area contributed by atoms with Crippen LogP contribution in [0.1, 0.15) is 43.9 Å². The molecule has 116 valence electrons. The molecule has 2 atom stereocenters. The molecule has 21 heavy (non-hydrogen) atoms. The van der Waals surface area contributed by atoms with Crippen LogP contribution < -0.4 is 10.6 Å². The zero-order valence-electron chi connectivity index (χ0n) is 12.5. The highest BCUT2D eigenvalue weighted by Crippen LogP contribution is 2.24. The molecule has 0 bridgehead atoms. The van der Waals surface area contributed by atoms with Crippen LogP contribution in [-0.2, 0) is 4.79 Å². The largest absolute Gasteiger partial charge is 0.468 e. The number of carbonyl (C=O) groups is 1. The highest BCUT2D eigenvalue weighted by atomic mass is 16.3. The molecule has 2 aliphatic rings. The lowest BCUT2D eigenvalue weighted by atomic mass is 10.1. The molecule has 5 nitrogen and oxygen atoms in total. The number of nitrogens with one attached hydrogen (secondary N) is 2. The average molecular weight is 291 g/mol. The standard InChI is InChI=1S/C16H25N3O2/c20-16(11-13-5-3-7-17-13)18-12-14(15-6-4-10-21-15)19-8-1-2-9-19/h4,6,10,13-14,17H,1-3,5,7-9,11-12H2,(H,18,20). The van der Waals surface area contributed by atoms with Crippen LogP contribution >= 0.6 is 0 Å². The molecule has 0 saturated carbocycles. The maximum atomic E-state index is 12.1. The molecule has 5 heteroatoms. The first-order valence-corrected chi connectivity index (χ1v) is 8.10. The van der Waals surface area contributed by atoms with Crippen molar-refractivity contribution in [3.63, 3.8) is 0 Å². The number of rotatable bonds is 6. The van der Waals surface area contributed by atoms with Gasteiger partial charge in [0.25, 0.3) is 0 Å². The van der Waals surface area contributed by atoms with E-state index >= 15 is 0 Å². The molecule has 3 rings (SSSR count). The zero-order valence-corrected chi connectivity index (χ0v) is 12.5. The average Bonchev–Trinajstić information content (AvgIpc) is 3.23. The first kappa shape index (κ1) is 14.6. The van der Waals surface area contributed by atoms with Crippen molar-refractivity contribution >= 4 is 5.91 Å². The van der Waals surface area contributed by atoms with Crippen molar-refractivity contribution in [1.82, 2.24) is 15.5 Å². The Kier molecular flexibility index (Phi) is 4.93. The third-order valence-electron chi connectivity index (χ3n) is 4.54. The van der Waals surface area contributed by atoms with Crippen molar-refractivity contribution in [2.45, 2.75) is 44.2 Å². The number of hydrogen-bond donors (Lipinski definition) is 2. The maximum Gasteiger partial charge on any atom is 0.221 e. The Morgan fingerprint density at radius 2 is 2.29 bits per heavy atom. The second kappa shape index (κ2) is 7.09. The van der Waals surface area contributed by atoms with E-state index in [0.717, 1.165) is 31.8 Å². The number of hydrogen-bond acceptors (Lipinski definition) is 4. The second-order valence-corrected chi connectivity index (χ2v) is 6.08. The minimum atomic E-state index is 0.144. The Hall–Kier alpha value is -1.33. The Balaban J connectivity index is 1.53. The number of nitrogens with zero attached hydrogens (tertiary/aromatic N) is 1. The number of carbonyl (C=O) groups excluding carboxylic acids is 1. The van der Waals surface area contributed by atoms with Crippen LogP contribution in [0.4, 0.5) is 0 Å². The molecule has 3 heterocycles. The molecule has 1 aromatic heterocycles. The Morgan fingerprint density at radius 3 is 2.95 bits per heavy atom. The van der Waals surface area contributed by atoms with Gasteiger partial charge < -0.3 is 15.1 Å². The van der Waals surface area contributed by atoms with Crippen LogP contribution in [-0.4, -0.2) is 43.0 Å². The summed E-state index contributed by atoms with van der Waals surface area (Å²) in [6.07, 6.45) is 7.06. The van der Waals surface area contributed by atoms with E-state index in [1.165, 1.54) is 19.3 Å². The topological polar surface area (TPSA) is 57.5 Å². The molecule has 0 aliphatic carbocycles. The van der Waals surface area contributed by atoms with Gasteiger partial charge in [0.05, 0.1) is 12.3 Å². The summed E-state index contributed by atoms with van der Waals surface area (Å²) in [5.74, 6) is 1.10. The van der Waals surface area contributed by atoms with Gasteiger partial charge >= 0.3 is 0 Å². The summed E-state index contributed by atoms with van der Waals surface area (Å²) in [6.45, 7) is 3.86. The van der Waals surface area contributed by atoms with Gasteiger partial charge in [0, 0.05) is 19.0 Å². The van der Waals surface area contributed by atoms with E-state index in [-0.39, 0.29) is 11.9 Å². The van der Waals surface area contributed by atoms with E-state index in [1.807, 2.05) is 12.1 Å². The van der Waals surface area contributed by atoms with Gasteiger partial charge in [-0.2, -0.15) is 0 Å². The van der Waals surface area contributed by atoms with Crippen LogP contribution in [0.2, 0.25) is 0 Å². The monoisotopic (exact) mass is 291 g/mol. The molecular weight excluding hydrogens is 266 g/mol. The van der Waals surface area contributed by atoms with Crippen LogP contribution in [0, 0.1) is 0 Å². The summed E-state index contributed by atoms with van der Waals surface area (Å²) in [7, 11) is 0. The van der Waals surface area contributed by atoms with Crippen LogP contribution in [0.3, 0.4) is 0 Å². The molecule has 0 radical (unpaired) electrons. The second-order valence-electron chi connectivity index (χ2n) is 6.08. The third-order valence-corrected chi connectivity index (χ3v) is 4.54. The summed E-state index contributed by atoms with van der Waals surface area (Å²) < 4.78 is 5.57. The van der Waals surface area contributed by atoms with Crippen molar-refractivity contribution in [3.8, 4) is 0 Å². The van der Waals surface area contributed by atoms with E-state index in [0.29, 0.717) is 19.0 Å². The number of furan rings is 1. The lowest BCUT2D eigenvalue weighted by Gasteiger charge is -2.26. The number of amides is 1. The van der Waals surface area contributed by atoms with Crippen LogP contribution in [0.25, 0.3) is 0 Å². The van der Waals surface area contributed by atoms with Crippen LogP contribution in [0.15, 0.2) is 22.8 Å². The molecule has 2 unspecified atom stereocenters. The van der Waals surface area contributed by atoms with Crippen LogP contribution in [0.5, 0.6) is 0 Å². The van der Waals surface area contributed by atoms with Crippen molar-refractivity contribution in [2.24, 2.45) is 0 Å². The van der Waals surface area contributed by atoms with Gasteiger partial charge in [-0.05, 0) is 57.5 Å². The summed E-state index contributed by atoms with van der Waals surface area (Å²) in [4.78, 5) is 14.5. The molecule has 2 N–H and O–H groups in total. The lowest BCUT2D eigenvalue weighted by Crippen LogP contribution is -2.38. The molecule has 2 aliphatic heterocycles. The SMILES string of the molecule is O=C(CC1CCCN1)NCC(c1ccco1)N1CCCC1. The summed E-state index contributed by atoms with van der Waals surface area (Å²) >= 11 is 0. The van der Waals surface area contributed by atoms with E-state index in [4.69, 9.17) is 4.42 Å². The molecule has 1 aromatic rings. The quantitative estimate of drug-likeness (QED) is 0.837. The molecule has 2 fully saturated rings. The summed E-state index contributed by atoms with van der Waals surface area (Å²) in [5.41, 5.74) is 0. The molecule has 0 spiro atoms. The van der Waals surface area contributed by atoms with Gasteiger partial charge in [0.2, 0.25) is 5.91 Å². The fourth-order valence-corrected chi connectivity index (χ4v) is 3.38. The first-order chi connectivity index (χ1) is 10.3. The van der Waals surface area contributed by atoms with Gasteiger partial charge in [-0.15, -0.1) is 0 Å². The molecule has 2 saturated heterocycles. The maximum absolute atomic E-state index is 12.1. The van der Waals surface area contributed by atoms with E-state index in [2.05, 4.69) is 15.5 Å². The Morgan fingerprint density at radius 1 is 1.43 bits per heavy atom. The Labute approximate surface area is 126 Å². The Bertz CT molecular complexity index is 434. The van der Waals surface area contributed by atoms with Gasteiger partial charge in [-0.1, -0.05) is 0 Å². The molecule has 0 aromatic carbocycles. The number of likely N-dealkylation sites (tertiary alicyclic amines) is 1. The van der Waals surface area contributed by atoms with Crippen molar-refractivity contribution in [1.29, 1.82) is 0 Å². The fraction of sp³-hybridized carbons (Fsp3) is 0.688. The molecular formula is C16H25N3O2. The third kappa shape index (κ3) is 3.86. The predicted octanol–water partition coefficient (Wildman–Crippen LogP) is 1.67. The van der Waals surface area contributed by atoms with Gasteiger partial charge in [-0.25, -0.2) is 0 Å². The highest BCUT2D eigenvalue weighted by Gasteiger charge is 2.26. The highest BCUT2D eigenvalue weighted by molar-refractivity contribution is 5.76. The fourth-order valence-electron chi connectivity index (χ4n) is 3.38. The van der Waals surface area contributed by atoms with Crippen molar-refractivity contribution in [2.75, 3.05) is 26.2 Å². The van der Waals surface area contributed by atoms with Gasteiger partial charge in [0.15, 0.2) is 0 Å². The first-order valence-electron chi connectivity index (χ1n) is 8.10. The minimum absolute atomic E-state index is 0.144.